The second-order valence-electron chi connectivity index (χ2n) is 4.71. The first-order valence-corrected chi connectivity index (χ1v) is 7.46. The van der Waals surface area contributed by atoms with E-state index in [0.717, 1.165) is 30.1 Å². The van der Waals surface area contributed by atoms with Crippen LogP contribution in [0.3, 0.4) is 0 Å². The molecule has 102 valence electrons. The summed E-state index contributed by atoms with van der Waals surface area (Å²) in [6.07, 6.45) is 1.62. The van der Waals surface area contributed by atoms with E-state index in [1.807, 2.05) is 30.0 Å². The lowest BCUT2D eigenvalue weighted by molar-refractivity contribution is 0.374. The van der Waals surface area contributed by atoms with Gasteiger partial charge in [0.15, 0.2) is 5.82 Å². The van der Waals surface area contributed by atoms with Crippen molar-refractivity contribution in [2.45, 2.75) is 37.7 Å². The number of anilines is 1. The Labute approximate surface area is 117 Å². The smallest absolute Gasteiger partial charge is 0.227 e. The van der Waals surface area contributed by atoms with Gasteiger partial charge in [-0.1, -0.05) is 31.1 Å². The highest BCUT2D eigenvalue weighted by molar-refractivity contribution is 7.99. The molecule has 5 heteroatoms. The van der Waals surface area contributed by atoms with Crippen LogP contribution in [0.1, 0.15) is 31.1 Å². The van der Waals surface area contributed by atoms with Crippen molar-refractivity contribution in [2.24, 2.45) is 0 Å². The monoisotopic (exact) mass is 277 g/mol. The van der Waals surface area contributed by atoms with Crippen molar-refractivity contribution >= 4 is 17.4 Å². The predicted molar refractivity (Wildman–Crippen MR) is 79.0 cm³/mol. The van der Waals surface area contributed by atoms with Gasteiger partial charge in [-0.15, -0.1) is 0 Å². The van der Waals surface area contributed by atoms with E-state index in [-0.39, 0.29) is 0 Å². The maximum absolute atomic E-state index is 5.75. The van der Waals surface area contributed by atoms with Crippen LogP contribution in [0.25, 0.3) is 0 Å². The molecule has 0 amide bonds. The van der Waals surface area contributed by atoms with E-state index in [9.17, 15) is 0 Å². The quantitative estimate of drug-likeness (QED) is 0.822. The third kappa shape index (κ3) is 4.59. The fourth-order valence-corrected chi connectivity index (χ4v) is 2.29. The number of nitrogen functional groups attached to an aromatic ring is 1. The van der Waals surface area contributed by atoms with Crippen molar-refractivity contribution < 1.29 is 4.52 Å². The lowest BCUT2D eigenvalue weighted by Crippen LogP contribution is -1.94. The van der Waals surface area contributed by atoms with Gasteiger partial charge in [0.2, 0.25) is 5.89 Å². The number of hydrogen-bond donors (Lipinski definition) is 1. The molecule has 0 unspecified atom stereocenters. The fraction of sp³-hybridized carbons (Fsp3) is 0.429. The SMILES string of the molecule is CC(C)SCc1noc(CCc2cccc(N)c2)n1. The van der Waals surface area contributed by atoms with Gasteiger partial charge in [0.1, 0.15) is 0 Å². The summed E-state index contributed by atoms with van der Waals surface area (Å²) < 4.78 is 5.24. The Bertz CT molecular complexity index is 525. The third-order valence-corrected chi connectivity index (χ3v) is 3.73. The van der Waals surface area contributed by atoms with Gasteiger partial charge >= 0.3 is 0 Å². The van der Waals surface area contributed by atoms with Crippen LogP contribution in [0.4, 0.5) is 5.69 Å². The first-order chi connectivity index (χ1) is 9.13. The van der Waals surface area contributed by atoms with Gasteiger partial charge in [0.05, 0.1) is 5.75 Å². The van der Waals surface area contributed by atoms with Crippen molar-refractivity contribution in [3.05, 3.63) is 41.5 Å². The van der Waals surface area contributed by atoms with Crippen LogP contribution in [-0.4, -0.2) is 15.4 Å². The van der Waals surface area contributed by atoms with Gasteiger partial charge in [-0.2, -0.15) is 16.7 Å². The molecule has 0 aliphatic rings. The van der Waals surface area contributed by atoms with Gasteiger partial charge in [-0.25, -0.2) is 0 Å². The zero-order valence-corrected chi connectivity index (χ0v) is 12.1. The minimum Gasteiger partial charge on any atom is -0.399 e. The minimum absolute atomic E-state index is 0.578. The number of thioether (sulfide) groups is 1. The Morgan fingerprint density at radius 1 is 1.32 bits per heavy atom. The van der Waals surface area contributed by atoms with Crippen LogP contribution >= 0.6 is 11.8 Å². The number of aryl methyl sites for hydroxylation is 2. The Balaban J connectivity index is 1.86. The number of nitrogens with two attached hydrogens (primary N) is 1. The second-order valence-corrected chi connectivity index (χ2v) is 6.27. The maximum atomic E-state index is 5.75. The summed E-state index contributed by atoms with van der Waals surface area (Å²) in [5.41, 5.74) is 7.73. The summed E-state index contributed by atoms with van der Waals surface area (Å²) in [7, 11) is 0. The summed E-state index contributed by atoms with van der Waals surface area (Å²) in [4.78, 5) is 4.39. The highest BCUT2D eigenvalue weighted by Crippen LogP contribution is 2.15. The van der Waals surface area contributed by atoms with E-state index in [0.29, 0.717) is 11.1 Å². The zero-order chi connectivity index (χ0) is 13.7. The molecule has 2 rings (SSSR count). The molecule has 0 bridgehead atoms. The maximum Gasteiger partial charge on any atom is 0.227 e. The van der Waals surface area contributed by atoms with E-state index < -0.39 is 0 Å². The molecular formula is C14H19N3OS. The van der Waals surface area contributed by atoms with E-state index in [2.05, 4.69) is 30.1 Å². The molecule has 1 aromatic carbocycles. The van der Waals surface area contributed by atoms with Crippen LogP contribution < -0.4 is 5.73 Å². The summed E-state index contributed by atoms with van der Waals surface area (Å²) >= 11 is 1.81. The molecular weight excluding hydrogens is 258 g/mol. The average molecular weight is 277 g/mol. The highest BCUT2D eigenvalue weighted by atomic mass is 32.2. The minimum atomic E-state index is 0.578. The van der Waals surface area contributed by atoms with E-state index in [1.54, 1.807) is 0 Å². The average Bonchev–Trinajstić information content (AvgIpc) is 2.82. The molecule has 0 saturated carbocycles. The van der Waals surface area contributed by atoms with E-state index in [4.69, 9.17) is 10.3 Å². The van der Waals surface area contributed by atoms with Crippen LogP contribution in [0, 0.1) is 0 Å². The largest absolute Gasteiger partial charge is 0.399 e. The van der Waals surface area contributed by atoms with Crippen LogP contribution in [0.5, 0.6) is 0 Å². The molecule has 1 heterocycles. The molecule has 0 spiro atoms. The van der Waals surface area contributed by atoms with Crippen molar-refractivity contribution in [1.29, 1.82) is 0 Å². The molecule has 1 aromatic heterocycles. The van der Waals surface area contributed by atoms with E-state index in [1.165, 1.54) is 5.56 Å². The Hall–Kier alpha value is -1.49. The number of nitrogens with zero attached hydrogens (tertiary/aromatic N) is 2. The summed E-state index contributed by atoms with van der Waals surface area (Å²) in [5.74, 6) is 2.28. The molecule has 0 atom stereocenters. The van der Waals surface area contributed by atoms with Crippen molar-refractivity contribution in [3.8, 4) is 0 Å². The summed E-state index contributed by atoms with van der Waals surface area (Å²) in [6.45, 7) is 4.32. The van der Waals surface area contributed by atoms with Crippen molar-refractivity contribution in [3.63, 3.8) is 0 Å². The number of rotatable bonds is 6. The van der Waals surface area contributed by atoms with Gasteiger partial charge in [0, 0.05) is 12.1 Å². The van der Waals surface area contributed by atoms with Gasteiger partial charge in [-0.05, 0) is 29.4 Å². The highest BCUT2D eigenvalue weighted by Gasteiger charge is 2.07. The number of aromatic nitrogens is 2. The molecule has 2 aromatic rings. The third-order valence-electron chi connectivity index (χ3n) is 2.63. The van der Waals surface area contributed by atoms with Crippen LogP contribution in [-0.2, 0) is 18.6 Å². The standard InChI is InChI=1S/C14H19N3OS/c1-10(2)19-9-13-16-14(18-17-13)7-6-11-4-3-5-12(15)8-11/h3-5,8,10H,6-7,9,15H2,1-2H3. The topological polar surface area (TPSA) is 64.9 Å². The van der Waals surface area contributed by atoms with Crippen LogP contribution in [0.15, 0.2) is 28.8 Å². The number of hydrogen-bond acceptors (Lipinski definition) is 5. The summed E-state index contributed by atoms with van der Waals surface area (Å²) in [6, 6.07) is 7.88. The zero-order valence-electron chi connectivity index (χ0n) is 11.3. The van der Waals surface area contributed by atoms with Crippen molar-refractivity contribution in [2.75, 3.05) is 5.73 Å². The number of benzene rings is 1. The molecule has 2 N–H and O–H groups in total. The molecule has 0 fully saturated rings. The van der Waals surface area contributed by atoms with Gasteiger partial charge in [0.25, 0.3) is 0 Å². The molecule has 0 saturated heterocycles. The summed E-state index contributed by atoms with van der Waals surface area (Å²) in [5, 5.41) is 4.56. The first-order valence-electron chi connectivity index (χ1n) is 6.41. The normalized spacial score (nSPS) is 11.1. The lowest BCUT2D eigenvalue weighted by Gasteiger charge is -2.00. The lowest BCUT2D eigenvalue weighted by atomic mass is 10.1. The molecule has 0 aliphatic carbocycles. The molecule has 0 radical (unpaired) electrons. The molecule has 0 aliphatic heterocycles. The Kier molecular flexibility index (Phi) is 4.85. The Morgan fingerprint density at radius 2 is 2.16 bits per heavy atom. The van der Waals surface area contributed by atoms with Gasteiger partial charge in [-0.3, -0.25) is 0 Å². The Morgan fingerprint density at radius 3 is 2.89 bits per heavy atom. The molecule has 19 heavy (non-hydrogen) atoms. The van der Waals surface area contributed by atoms with Crippen molar-refractivity contribution in [1.82, 2.24) is 10.1 Å². The van der Waals surface area contributed by atoms with Gasteiger partial charge < -0.3 is 10.3 Å². The van der Waals surface area contributed by atoms with E-state index >= 15 is 0 Å². The van der Waals surface area contributed by atoms with Crippen LogP contribution in [0.2, 0.25) is 0 Å². The fourth-order valence-electron chi connectivity index (χ4n) is 1.69. The predicted octanol–water partition coefficient (Wildman–Crippen LogP) is 3.08. The second kappa shape index (κ2) is 6.61. The molecule has 4 nitrogen and oxygen atoms in total. The first kappa shape index (κ1) is 13.9.